The Kier molecular flexibility index (Phi) is 4.16. The fourth-order valence-corrected chi connectivity index (χ4v) is 2.08. The first-order valence-corrected chi connectivity index (χ1v) is 6.58. The van der Waals surface area contributed by atoms with Crippen molar-refractivity contribution in [2.24, 2.45) is 0 Å². The summed E-state index contributed by atoms with van der Waals surface area (Å²) in [5, 5.41) is 11.5. The molecule has 1 fully saturated rings. The number of amides is 1. The molecule has 2 atom stereocenters. The molecule has 0 bridgehead atoms. The van der Waals surface area contributed by atoms with Gasteiger partial charge >= 0.3 is 5.97 Å². The number of aryl methyl sites for hydroxylation is 1. The third kappa shape index (κ3) is 3.30. The number of carbonyl (C=O) groups is 2. The quantitative estimate of drug-likeness (QED) is 0.825. The van der Waals surface area contributed by atoms with Crippen molar-refractivity contribution in [3.8, 4) is 0 Å². The summed E-state index contributed by atoms with van der Waals surface area (Å²) in [6.07, 6.45) is 0.681. The molecule has 7 heteroatoms. The number of aliphatic carboxylic acids is 1. The topological polar surface area (TPSA) is 88.5 Å². The fourth-order valence-electron chi connectivity index (χ4n) is 1.86. The van der Waals surface area contributed by atoms with Crippen molar-refractivity contribution in [3.63, 3.8) is 0 Å². The number of hydrogen-bond donors (Lipinski definition) is 2. The maximum atomic E-state index is 11.9. The van der Waals surface area contributed by atoms with Gasteiger partial charge in [0, 0.05) is 0 Å². The van der Waals surface area contributed by atoms with Crippen LogP contribution in [0.25, 0.3) is 0 Å². The highest BCUT2D eigenvalue weighted by Gasteiger charge is 2.34. The van der Waals surface area contributed by atoms with Crippen LogP contribution in [0, 0.1) is 6.92 Å². The van der Waals surface area contributed by atoms with Gasteiger partial charge in [-0.15, -0.1) is 0 Å². The predicted octanol–water partition coefficient (Wildman–Crippen LogP) is 1.72. The molecule has 2 heterocycles. The van der Waals surface area contributed by atoms with Gasteiger partial charge in [0.1, 0.15) is 10.7 Å². The first-order chi connectivity index (χ1) is 8.97. The summed E-state index contributed by atoms with van der Waals surface area (Å²) in [7, 11) is 0. The molecule has 0 saturated carbocycles. The van der Waals surface area contributed by atoms with Gasteiger partial charge in [-0.3, -0.25) is 4.79 Å². The second-order valence-corrected chi connectivity index (χ2v) is 5.10. The number of nitrogens with one attached hydrogen (secondary N) is 1. The molecule has 0 aromatic carbocycles. The molecule has 1 aliphatic heterocycles. The highest BCUT2D eigenvalue weighted by molar-refractivity contribution is 9.10. The molecule has 1 amide bonds. The van der Waals surface area contributed by atoms with Crippen LogP contribution >= 0.6 is 15.9 Å². The summed E-state index contributed by atoms with van der Waals surface area (Å²) >= 11 is 3.27. The molecule has 1 aromatic rings. The van der Waals surface area contributed by atoms with Gasteiger partial charge in [-0.05, 0) is 47.3 Å². The van der Waals surface area contributed by atoms with Crippen LogP contribution < -0.4 is 5.32 Å². The van der Waals surface area contributed by atoms with E-state index in [1.165, 1.54) is 6.20 Å². The molecule has 2 rings (SSSR count). The van der Waals surface area contributed by atoms with E-state index < -0.39 is 18.2 Å². The summed E-state index contributed by atoms with van der Waals surface area (Å²) < 4.78 is 5.89. The Morgan fingerprint density at radius 3 is 2.74 bits per heavy atom. The summed E-state index contributed by atoms with van der Waals surface area (Å²) in [6, 6.07) is 1.78. The van der Waals surface area contributed by atoms with E-state index in [-0.39, 0.29) is 5.91 Å². The summed E-state index contributed by atoms with van der Waals surface area (Å²) in [6.45, 7) is 1.86. The number of rotatable bonds is 3. The zero-order chi connectivity index (χ0) is 14.0. The minimum absolute atomic E-state index is 0.340. The van der Waals surface area contributed by atoms with E-state index in [4.69, 9.17) is 9.84 Å². The Morgan fingerprint density at radius 2 is 2.16 bits per heavy atom. The highest BCUT2D eigenvalue weighted by atomic mass is 79.9. The Morgan fingerprint density at radius 1 is 1.47 bits per heavy atom. The van der Waals surface area contributed by atoms with Crippen LogP contribution in [-0.2, 0) is 14.3 Å². The van der Waals surface area contributed by atoms with Crippen LogP contribution in [-0.4, -0.2) is 34.2 Å². The van der Waals surface area contributed by atoms with E-state index in [9.17, 15) is 9.59 Å². The zero-order valence-electron chi connectivity index (χ0n) is 10.2. The lowest BCUT2D eigenvalue weighted by Crippen LogP contribution is -2.30. The van der Waals surface area contributed by atoms with Crippen molar-refractivity contribution in [3.05, 3.63) is 22.4 Å². The van der Waals surface area contributed by atoms with Gasteiger partial charge in [0.2, 0.25) is 0 Å². The molecular weight excluding hydrogens is 316 g/mol. The smallest absolute Gasteiger partial charge is 0.332 e. The molecule has 1 aliphatic rings. The Hall–Kier alpha value is -1.47. The van der Waals surface area contributed by atoms with Gasteiger partial charge in [-0.1, -0.05) is 0 Å². The van der Waals surface area contributed by atoms with Gasteiger partial charge in [-0.25, -0.2) is 9.78 Å². The monoisotopic (exact) mass is 328 g/mol. The second-order valence-electron chi connectivity index (χ2n) is 4.35. The van der Waals surface area contributed by atoms with E-state index in [1.54, 1.807) is 6.07 Å². The zero-order valence-corrected chi connectivity index (χ0v) is 11.8. The Labute approximate surface area is 118 Å². The van der Waals surface area contributed by atoms with E-state index in [2.05, 4.69) is 26.2 Å². The molecule has 6 nitrogen and oxygen atoms in total. The van der Waals surface area contributed by atoms with Gasteiger partial charge < -0.3 is 15.2 Å². The van der Waals surface area contributed by atoms with Gasteiger partial charge in [0.15, 0.2) is 6.10 Å². The number of carboxylic acids is 1. The maximum Gasteiger partial charge on any atom is 0.332 e. The number of carbonyl (C=O) groups excluding carboxylic acids is 1. The number of ether oxygens (including phenoxy) is 1. The largest absolute Gasteiger partial charge is 0.479 e. The normalized spacial score (nSPS) is 22.2. The van der Waals surface area contributed by atoms with Crippen LogP contribution in [0.15, 0.2) is 16.9 Å². The average molecular weight is 329 g/mol. The van der Waals surface area contributed by atoms with Crippen molar-refractivity contribution in [2.75, 3.05) is 5.32 Å². The lowest BCUT2D eigenvalue weighted by molar-refractivity contribution is -0.150. The number of hydrogen-bond acceptors (Lipinski definition) is 4. The van der Waals surface area contributed by atoms with Crippen LogP contribution in [0.5, 0.6) is 0 Å². The predicted molar refractivity (Wildman–Crippen MR) is 70.8 cm³/mol. The minimum Gasteiger partial charge on any atom is -0.479 e. The third-order valence-electron chi connectivity index (χ3n) is 2.87. The van der Waals surface area contributed by atoms with Crippen molar-refractivity contribution in [1.82, 2.24) is 4.98 Å². The molecule has 1 aromatic heterocycles. The second kappa shape index (κ2) is 5.66. The first-order valence-electron chi connectivity index (χ1n) is 5.78. The van der Waals surface area contributed by atoms with Crippen molar-refractivity contribution in [1.29, 1.82) is 0 Å². The fraction of sp³-hybridized carbons (Fsp3) is 0.417. The summed E-state index contributed by atoms with van der Waals surface area (Å²) in [5.41, 5.74) is 1.46. The Balaban J connectivity index is 1.98. The van der Waals surface area contributed by atoms with Crippen LogP contribution in [0.3, 0.4) is 0 Å². The SMILES string of the molecule is Cc1cc(NC(=O)C2CCC(C(=O)O)O2)cnc1Br. The van der Waals surface area contributed by atoms with Crippen molar-refractivity contribution < 1.29 is 19.4 Å². The molecule has 19 heavy (non-hydrogen) atoms. The van der Waals surface area contributed by atoms with E-state index in [0.29, 0.717) is 23.1 Å². The molecule has 1 saturated heterocycles. The Bertz CT molecular complexity index is 520. The lowest BCUT2D eigenvalue weighted by Gasteiger charge is -2.12. The number of aromatic nitrogens is 1. The third-order valence-corrected chi connectivity index (χ3v) is 3.70. The van der Waals surface area contributed by atoms with E-state index >= 15 is 0 Å². The lowest BCUT2D eigenvalue weighted by atomic mass is 10.2. The van der Waals surface area contributed by atoms with Gasteiger partial charge in [0.25, 0.3) is 5.91 Å². The van der Waals surface area contributed by atoms with Gasteiger partial charge in [0.05, 0.1) is 11.9 Å². The molecule has 102 valence electrons. The summed E-state index contributed by atoms with van der Waals surface area (Å²) in [4.78, 5) is 26.7. The highest BCUT2D eigenvalue weighted by Crippen LogP contribution is 2.22. The van der Waals surface area contributed by atoms with Gasteiger partial charge in [-0.2, -0.15) is 0 Å². The number of pyridine rings is 1. The van der Waals surface area contributed by atoms with E-state index in [0.717, 1.165) is 5.56 Å². The molecule has 0 spiro atoms. The number of nitrogens with zero attached hydrogens (tertiary/aromatic N) is 1. The molecule has 2 N–H and O–H groups in total. The van der Waals surface area contributed by atoms with Crippen LogP contribution in [0.4, 0.5) is 5.69 Å². The standard InChI is InChI=1S/C12H13BrN2O4/c1-6-4-7(5-14-10(6)13)15-11(16)8-2-3-9(19-8)12(17)18/h4-5,8-9H,2-3H2,1H3,(H,15,16)(H,17,18). The summed E-state index contributed by atoms with van der Waals surface area (Å²) in [5.74, 6) is -1.37. The molecule has 0 aliphatic carbocycles. The molecule has 0 radical (unpaired) electrons. The van der Waals surface area contributed by atoms with Crippen LogP contribution in [0.2, 0.25) is 0 Å². The van der Waals surface area contributed by atoms with Crippen molar-refractivity contribution >= 4 is 33.5 Å². The maximum absolute atomic E-state index is 11.9. The van der Waals surface area contributed by atoms with E-state index in [1.807, 2.05) is 6.92 Å². The number of halogens is 1. The number of carboxylic acid groups (broad SMARTS) is 1. The van der Waals surface area contributed by atoms with Crippen LogP contribution in [0.1, 0.15) is 18.4 Å². The molecular formula is C12H13BrN2O4. The first kappa shape index (κ1) is 14.0. The van der Waals surface area contributed by atoms with Crippen molar-refractivity contribution in [2.45, 2.75) is 32.0 Å². The minimum atomic E-state index is -1.03. The molecule has 2 unspecified atom stereocenters. The number of anilines is 1. The average Bonchev–Trinajstić information content (AvgIpc) is 2.83.